The predicted molar refractivity (Wildman–Crippen MR) is 102 cm³/mol. The number of amides is 1. The fourth-order valence-electron chi connectivity index (χ4n) is 3.04. The Kier molecular flexibility index (Phi) is 4.44. The zero-order chi connectivity index (χ0) is 19.7. The molecule has 140 valence electrons. The van der Waals surface area contributed by atoms with E-state index in [0.29, 0.717) is 28.3 Å². The molecule has 0 saturated heterocycles. The maximum absolute atomic E-state index is 13.2. The number of anilines is 1. The molecule has 0 spiro atoms. The molecule has 0 fully saturated rings. The Bertz CT molecular complexity index is 1110. The Morgan fingerprint density at radius 3 is 2.32 bits per heavy atom. The van der Waals surface area contributed by atoms with Crippen LogP contribution in [0.2, 0.25) is 0 Å². The number of aryl methyl sites for hydroxylation is 1. The van der Waals surface area contributed by atoms with Gasteiger partial charge in [0, 0.05) is 5.69 Å². The predicted octanol–water partition coefficient (Wildman–Crippen LogP) is 3.46. The van der Waals surface area contributed by atoms with Gasteiger partial charge in [-0.1, -0.05) is 0 Å². The topological polar surface area (TPSA) is 77.6 Å². The molecule has 4 rings (SSSR count). The van der Waals surface area contributed by atoms with E-state index in [1.165, 1.54) is 18.5 Å². The lowest BCUT2D eigenvalue weighted by Gasteiger charge is -2.08. The van der Waals surface area contributed by atoms with Gasteiger partial charge in [0.15, 0.2) is 0 Å². The number of hydrogen-bond donors (Lipinski definition) is 1. The molecule has 2 aromatic heterocycles. The zero-order valence-electron chi connectivity index (χ0n) is 15.3. The number of hydrogen-bond acceptors (Lipinski definition) is 4. The van der Waals surface area contributed by atoms with E-state index < -0.39 is 0 Å². The summed E-state index contributed by atoms with van der Waals surface area (Å²) in [5.41, 5.74) is 3.96. The van der Waals surface area contributed by atoms with Gasteiger partial charge in [-0.05, 0) is 62.4 Å². The van der Waals surface area contributed by atoms with Crippen molar-refractivity contribution in [1.29, 1.82) is 0 Å². The molecule has 1 amide bonds. The number of aromatic nitrogens is 5. The van der Waals surface area contributed by atoms with E-state index in [9.17, 15) is 9.18 Å². The third-order valence-corrected chi connectivity index (χ3v) is 4.40. The number of nitrogens with zero attached hydrogens (tertiary/aromatic N) is 5. The SMILES string of the molecule is Cc1nn(-c2ccc(F)cc2)c(C)c1C(=O)Nc1ccc(-n2cncn2)cc1. The Hall–Kier alpha value is -3.81. The smallest absolute Gasteiger partial charge is 0.259 e. The Morgan fingerprint density at radius 1 is 1.00 bits per heavy atom. The standard InChI is InChI=1S/C20H17FN6O/c1-13-19(14(2)27(25-13)18-7-3-15(21)4-8-18)20(28)24-16-5-9-17(10-6-16)26-12-22-11-23-26/h3-12H,1-2H3,(H,24,28). The van der Waals surface area contributed by atoms with Gasteiger partial charge >= 0.3 is 0 Å². The van der Waals surface area contributed by atoms with Crippen LogP contribution >= 0.6 is 0 Å². The van der Waals surface area contributed by atoms with Crippen LogP contribution in [0.25, 0.3) is 11.4 Å². The van der Waals surface area contributed by atoms with Crippen LogP contribution in [0.4, 0.5) is 10.1 Å². The summed E-state index contributed by atoms with van der Waals surface area (Å²) in [4.78, 5) is 16.7. The number of carbonyl (C=O) groups excluding carboxylic acids is 1. The summed E-state index contributed by atoms with van der Waals surface area (Å²) >= 11 is 0. The van der Waals surface area contributed by atoms with Gasteiger partial charge in [0.2, 0.25) is 0 Å². The first-order valence-electron chi connectivity index (χ1n) is 8.61. The highest BCUT2D eigenvalue weighted by atomic mass is 19.1. The Labute approximate surface area is 160 Å². The van der Waals surface area contributed by atoms with Crippen molar-refractivity contribution in [3.05, 3.63) is 84.0 Å². The normalized spacial score (nSPS) is 10.8. The molecule has 7 nitrogen and oxygen atoms in total. The first-order valence-corrected chi connectivity index (χ1v) is 8.61. The van der Waals surface area contributed by atoms with Gasteiger partial charge in [-0.2, -0.15) is 10.2 Å². The van der Waals surface area contributed by atoms with Crippen LogP contribution in [0.5, 0.6) is 0 Å². The second-order valence-corrected chi connectivity index (χ2v) is 6.28. The van der Waals surface area contributed by atoms with Gasteiger partial charge in [0.25, 0.3) is 5.91 Å². The number of benzene rings is 2. The molecular formula is C20H17FN6O. The van der Waals surface area contributed by atoms with Crippen LogP contribution in [0.1, 0.15) is 21.7 Å². The first-order chi connectivity index (χ1) is 13.5. The van der Waals surface area contributed by atoms with Crippen molar-refractivity contribution in [3.8, 4) is 11.4 Å². The molecule has 0 bridgehead atoms. The van der Waals surface area contributed by atoms with Gasteiger partial charge in [-0.25, -0.2) is 18.7 Å². The molecule has 1 N–H and O–H groups in total. The lowest BCUT2D eigenvalue weighted by Crippen LogP contribution is -2.14. The van der Waals surface area contributed by atoms with Crippen molar-refractivity contribution in [1.82, 2.24) is 24.5 Å². The van der Waals surface area contributed by atoms with Crippen LogP contribution in [0.15, 0.2) is 61.2 Å². The minimum atomic E-state index is -0.322. The highest BCUT2D eigenvalue weighted by Crippen LogP contribution is 2.20. The first kappa shape index (κ1) is 17.6. The monoisotopic (exact) mass is 376 g/mol. The molecule has 2 aromatic carbocycles. The van der Waals surface area contributed by atoms with E-state index in [-0.39, 0.29) is 11.7 Å². The molecule has 0 radical (unpaired) electrons. The highest BCUT2D eigenvalue weighted by Gasteiger charge is 2.19. The molecule has 0 atom stereocenters. The minimum absolute atomic E-state index is 0.253. The lowest BCUT2D eigenvalue weighted by molar-refractivity contribution is 0.102. The molecule has 0 saturated carbocycles. The fraction of sp³-hybridized carbons (Fsp3) is 0.100. The maximum Gasteiger partial charge on any atom is 0.259 e. The van der Waals surface area contributed by atoms with Crippen LogP contribution in [-0.4, -0.2) is 30.5 Å². The van der Waals surface area contributed by atoms with Crippen LogP contribution in [-0.2, 0) is 0 Å². The van der Waals surface area contributed by atoms with Crippen molar-refractivity contribution in [2.45, 2.75) is 13.8 Å². The van der Waals surface area contributed by atoms with Crippen molar-refractivity contribution in [2.24, 2.45) is 0 Å². The van der Waals surface area contributed by atoms with Gasteiger partial charge in [-0.15, -0.1) is 0 Å². The summed E-state index contributed by atoms with van der Waals surface area (Å²) in [6, 6.07) is 13.2. The second-order valence-electron chi connectivity index (χ2n) is 6.28. The maximum atomic E-state index is 13.2. The molecule has 28 heavy (non-hydrogen) atoms. The van der Waals surface area contributed by atoms with Crippen molar-refractivity contribution >= 4 is 11.6 Å². The Morgan fingerprint density at radius 2 is 1.68 bits per heavy atom. The van der Waals surface area contributed by atoms with E-state index in [4.69, 9.17) is 0 Å². The van der Waals surface area contributed by atoms with Crippen molar-refractivity contribution < 1.29 is 9.18 Å². The minimum Gasteiger partial charge on any atom is -0.322 e. The summed E-state index contributed by atoms with van der Waals surface area (Å²) in [5.74, 6) is -0.575. The number of carbonyl (C=O) groups is 1. The molecule has 2 heterocycles. The Balaban J connectivity index is 1.57. The van der Waals surface area contributed by atoms with E-state index in [1.54, 1.807) is 46.9 Å². The number of rotatable bonds is 4. The summed E-state index contributed by atoms with van der Waals surface area (Å²) < 4.78 is 16.4. The summed E-state index contributed by atoms with van der Waals surface area (Å²) in [5, 5.41) is 11.4. The molecule has 0 aliphatic carbocycles. The average Bonchev–Trinajstić information content (AvgIpc) is 3.31. The summed E-state index contributed by atoms with van der Waals surface area (Å²) in [6.45, 7) is 3.59. The lowest BCUT2D eigenvalue weighted by atomic mass is 10.1. The van der Waals surface area contributed by atoms with Gasteiger partial charge in [0.05, 0.1) is 28.3 Å². The van der Waals surface area contributed by atoms with Gasteiger partial charge < -0.3 is 5.32 Å². The third kappa shape index (κ3) is 3.27. The molecular weight excluding hydrogens is 359 g/mol. The van der Waals surface area contributed by atoms with Gasteiger partial charge in [-0.3, -0.25) is 4.79 Å². The average molecular weight is 376 g/mol. The molecule has 8 heteroatoms. The van der Waals surface area contributed by atoms with E-state index in [1.807, 2.05) is 19.1 Å². The number of halogens is 1. The molecule has 4 aromatic rings. The second kappa shape index (κ2) is 7.07. The largest absolute Gasteiger partial charge is 0.322 e. The van der Waals surface area contributed by atoms with Crippen molar-refractivity contribution in [3.63, 3.8) is 0 Å². The molecule has 0 aliphatic heterocycles. The van der Waals surface area contributed by atoms with Crippen LogP contribution in [0.3, 0.4) is 0 Å². The summed E-state index contributed by atoms with van der Waals surface area (Å²) in [7, 11) is 0. The van der Waals surface area contributed by atoms with Crippen LogP contribution < -0.4 is 5.32 Å². The fourth-order valence-corrected chi connectivity index (χ4v) is 3.04. The quantitative estimate of drug-likeness (QED) is 0.592. The number of nitrogens with one attached hydrogen (secondary N) is 1. The third-order valence-electron chi connectivity index (χ3n) is 4.40. The van der Waals surface area contributed by atoms with E-state index >= 15 is 0 Å². The van der Waals surface area contributed by atoms with E-state index in [2.05, 4.69) is 20.5 Å². The van der Waals surface area contributed by atoms with Crippen molar-refractivity contribution in [2.75, 3.05) is 5.32 Å². The van der Waals surface area contributed by atoms with Crippen LogP contribution in [0, 0.1) is 19.7 Å². The van der Waals surface area contributed by atoms with E-state index in [0.717, 1.165) is 5.69 Å². The summed E-state index contributed by atoms with van der Waals surface area (Å²) in [6.07, 6.45) is 3.06. The highest BCUT2D eigenvalue weighted by molar-refractivity contribution is 6.06. The zero-order valence-corrected chi connectivity index (χ0v) is 15.3. The van der Waals surface area contributed by atoms with Gasteiger partial charge in [0.1, 0.15) is 18.5 Å². The molecule has 0 unspecified atom stereocenters. The molecule has 0 aliphatic rings.